The van der Waals surface area contributed by atoms with E-state index in [1.165, 1.54) is 6.26 Å². The van der Waals surface area contributed by atoms with Gasteiger partial charge in [-0.3, -0.25) is 4.79 Å². The Kier molecular flexibility index (Phi) is 4.26. The first-order chi connectivity index (χ1) is 14.2. The van der Waals surface area contributed by atoms with Gasteiger partial charge in [0.25, 0.3) is 0 Å². The molecule has 0 atom stereocenters. The second kappa shape index (κ2) is 7.08. The highest BCUT2D eigenvalue weighted by Crippen LogP contribution is 2.32. The molecule has 2 heterocycles. The molecule has 0 saturated carbocycles. The Balaban J connectivity index is 1.75. The maximum absolute atomic E-state index is 13.1. The summed E-state index contributed by atoms with van der Waals surface area (Å²) in [6.07, 6.45) is 1.45. The van der Waals surface area contributed by atoms with Crippen LogP contribution in [-0.4, -0.2) is 9.97 Å². The number of imidazole rings is 1. The van der Waals surface area contributed by atoms with E-state index in [-0.39, 0.29) is 5.43 Å². The van der Waals surface area contributed by atoms with Crippen LogP contribution in [0.15, 0.2) is 94.3 Å². The van der Waals surface area contributed by atoms with Gasteiger partial charge in [0.05, 0.1) is 16.8 Å². The minimum atomic E-state index is -0.179. The predicted molar refractivity (Wildman–Crippen MR) is 116 cm³/mol. The zero-order chi connectivity index (χ0) is 19.8. The van der Waals surface area contributed by atoms with Crippen molar-refractivity contribution in [3.05, 3.63) is 100 Å². The minimum Gasteiger partial charge on any atom is -0.463 e. The van der Waals surface area contributed by atoms with Crippen molar-refractivity contribution >= 4 is 22.6 Å². The Morgan fingerprint density at radius 3 is 2.28 bits per heavy atom. The predicted octanol–water partition coefficient (Wildman–Crippen LogP) is 6.17. The van der Waals surface area contributed by atoms with Crippen LogP contribution in [0.5, 0.6) is 0 Å². The van der Waals surface area contributed by atoms with Crippen LogP contribution >= 0.6 is 11.6 Å². The third-order valence-electron chi connectivity index (χ3n) is 4.80. The molecule has 0 spiro atoms. The van der Waals surface area contributed by atoms with Crippen LogP contribution < -0.4 is 5.43 Å². The second-order valence-corrected chi connectivity index (χ2v) is 7.10. The summed E-state index contributed by atoms with van der Waals surface area (Å²) in [5.41, 5.74) is 4.23. The number of hydrogen-bond donors (Lipinski definition) is 1. The number of nitrogens with zero attached hydrogens (tertiary/aromatic N) is 1. The Morgan fingerprint density at radius 2 is 1.55 bits per heavy atom. The molecule has 3 aromatic carbocycles. The summed E-state index contributed by atoms with van der Waals surface area (Å²) < 4.78 is 5.67. The van der Waals surface area contributed by atoms with Gasteiger partial charge in [-0.25, -0.2) is 4.98 Å². The molecule has 0 unspecified atom stereocenters. The van der Waals surface area contributed by atoms with Crippen molar-refractivity contribution in [2.24, 2.45) is 0 Å². The van der Waals surface area contributed by atoms with Crippen LogP contribution in [0.25, 0.3) is 44.9 Å². The van der Waals surface area contributed by atoms with Crippen LogP contribution in [0.3, 0.4) is 0 Å². The van der Waals surface area contributed by atoms with Crippen molar-refractivity contribution in [3.8, 4) is 33.9 Å². The first kappa shape index (κ1) is 17.5. The number of fused-ring (bicyclic) bond motifs is 1. The average molecular weight is 399 g/mol. The van der Waals surface area contributed by atoms with Gasteiger partial charge in [-0.15, -0.1) is 0 Å². The van der Waals surface area contributed by atoms with Gasteiger partial charge in [-0.2, -0.15) is 0 Å². The average Bonchev–Trinajstić information content (AvgIpc) is 3.21. The lowest BCUT2D eigenvalue weighted by molar-refractivity contribution is 0.604. The van der Waals surface area contributed by atoms with E-state index in [2.05, 4.69) is 4.98 Å². The van der Waals surface area contributed by atoms with E-state index in [4.69, 9.17) is 21.0 Å². The third kappa shape index (κ3) is 3.13. The maximum Gasteiger partial charge on any atom is 0.203 e. The normalized spacial score (nSPS) is 11.1. The van der Waals surface area contributed by atoms with Crippen LogP contribution in [0.4, 0.5) is 0 Å². The van der Waals surface area contributed by atoms with Crippen molar-refractivity contribution in [1.82, 2.24) is 9.97 Å². The minimum absolute atomic E-state index is 0.179. The number of nitrogens with one attached hydrogen (secondary N) is 1. The molecule has 0 radical (unpaired) electrons. The van der Waals surface area contributed by atoms with Gasteiger partial charge >= 0.3 is 0 Å². The number of rotatable bonds is 3. The van der Waals surface area contributed by atoms with Gasteiger partial charge < -0.3 is 9.40 Å². The molecule has 0 saturated heterocycles. The zero-order valence-electron chi connectivity index (χ0n) is 15.2. The van der Waals surface area contributed by atoms with Crippen molar-refractivity contribution in [2.45, 2.75) is 0 Å². The summed E-state index contributed by atoms with van der Waals surface area (Å²) in [7, 11) is 0. The van der Waals surface area contributed by atoms with Gasteiger partial charge in [0.15, 0.2) is 0 Å². The summed E-state index contributed by atoms with van der Waals surface area (Å²) in [5, 5.41) is 0.908. The molecule has 2 aromatic heterocycles. The number of aromatic amines is 1. The van der Waals surface area contributed by atoms with E-state index in [1.54, 1.807) is 18.2 Å². The highest BCUT2D eigenvalue weighted by Gasteiger charge is 2.18. The molecular formula is C24H15ClN2O2. The Hall–Kier alpha value is -3.63. The lowest BCUT2D eigenvalue weighted by Crippen LogP contribution is -2.05. The number of aromatic nitrogens is 2. The molecule has 29 heavy (non-hydrogen) atoms. The second-order valence-electron chi connectivity index (χ2n) is 6.66. The zero-order valence-corrected chi connectivity index (χ0v) is 16.0. The fraction of sp³-hybridized carbons (Fsp3) is 0. The molecule has 140 valence electrons. The highest BCUT2D eigenvalue weighted by atomic mass is 35.5. The summed E-state index contributed by atoms with van der Waals surface area (Å²) in [6.45, 7) is 0. The molecule has 0 aliphatic carbocycles. The van der Waals surface area contributed by atoms with Crippen molar-refractivity contribution < 1.29 is 4.42 Å². The first-order valence-corrected chi connectivity index (χ1v) is 9.51. The van der Waals surface area contributed by atoms with E-state index in [0.29, 0.717) is 27.4 Å². The largest absolute Gasteiger partial charge is 0.463 e. The first-order valence-electron chi connectivity index (χ1n) is 9.13. The number of hydrogen-bond acceptors (Lipinski definition) is 3. The van der Waals surface area contributed by atoms with Crippen molar-refractivity contribution in [2.75, 3.05) is 0 Å². The summed E-state index contributed by atoms with van der Waals surface area (Å²) in [4.78, 5) is 21.2. The van der Waals surface area contributed by atoms with E-state index in [9.17, 15) is 4.79 Å². The van der Waals surface area contributed by atoms with Crippen LogP contribution in [0.1, 0.15) is 0 Å². The van der Waals surface area contributed by atoms with Crippen molar-refractivity contribution in [1.29, 1.82) is 0 Å². The van der Waals surface area contributed by atoms with E-state index in [0.717, 1.165) is 22.5 Å². The summed E-state index contributed by atoms with van der Waals surface area (Å²) >= 11 is 6.07. The smallest absolute Gasteiger partial charge is 0.203 e. The Labute approximate surface area is 171 Å². The standard InChI is InChI=1S/C24H15ClN2O2/c25-17-11-12-20-18(13-17)23(28)19(14-29-20)24-26-21(15-7-3-1-4-8-15)22(27-24)16-9-5-2-6-10-16/h1-14H,(H,26,27). The van der Waals surface area contributed by atoms with Gasteiger partial charge in [0, 0.05) is 16.1 Å². The summed E-state index contributed by atoms with van der Waals surface area (Å²) in [5.74, 6) is 0.457. The van der Waals surface area contributed by atoms with Crippen LogP contribution in [0.2, 0.25) is 5.02 Å². The molecule has 1 N–H and O–H groups in total. The molecule has 5 rings (SSSR count). The van der Waals surface area contributed by atoms with Gasteiger partial charge in [-0.05, 0) is 18.2 Å². The Bertz CT molecular complexity index is 1320. The van der Waals surface area contributed by atoms with E-state index in [1.807, 2.05) is 60.7 Å². The molecular weight excluding hydrogens is 384 g/mol. The lowest BCUT2D eigenvalue weighted by atomic mass is 10.1. The molecule has 0 aliphatic heterocycles. The van der Waals surface area contributed by atoms with E-state index >= 15 is 0 Å². The molecule has 5 aromatic rings. The number of H-pyrrole nitrogens is 1. The topological polar surface area (TPSA) is 58.9 Å². The monoisotopic (exact) mass is 398 g/mol. The molecule has 4 nitrogen and oxygen atoms in total. The molecule has 0 fully saturated rings. The quantitative estimate of drug-likeness (QED) is 0.395. The van der Waals surface area contributed by atoms with Crippen LogP contribution in [0, 0.1) is 0 Å². The molecule has 0 amide bonds. The maximum atomic E-state index is 13.1. The fourth-order valence-corrected chi connectivity index (χ4v) is 3.56. The molecule has 0 bridgehead atoms. The third-order valence-corrected chi connectivity index (χ3v) is 5.04. The molecule has 0 aliphatic rings. The van der Waals surface area contributed by atoms with Gasteiger partial charge in [0.1, 0.15) is 23.2 Å². The SMILES string of the molecule is O=c1c(-c2nc(-c3ccccc3)c(-c3ccccc3)[nH]2)coc2ccc(Cl)cc12. The number of benzene rings is 3. The highest BCUT2D eigenvalue weighted by molar-refractivity contribution is 6.31. The van der Waals surface area contributed by atoms with Crippen LogP contribution in [-0.2, 0) is 0 Å². The number of halogens is 1. The Morgan fingerprint density at radius 1 is 0.862 bits per heavy atom. The molecule has 5 heteroatoms. The summed E-state index contributed by atoms with van der Waals surface area (Å²) in [6, 6.07) is 24.8. The fourth-order valence-electron chi connectivity index (χ4n) is 3.39. The lowest BCUT2D eigenvalue weighted by Gasteiger charge is -2.02. The van der Waals surface area contributed by atoms with E-state index < -0.39 is 0 Å². The van der Waals surface area contributed by atoms with Gasteiger partial charge in [0.2, 0.25) is 5.43 Å². The van der Waals surface area contributed by atoms with Crippen molar-refractivity contribution in [3.63, 3.8) is 0 Å². The van der Waals surface area contributed by atoms with Gasteiger partial charge in [-0.1, -0.05) is 72.3 Å².